The molecular weight excluding hydrogens is 217 g/mol. The first-order valence-electron chi connectivity index (χ1n) is 1.50. The second kappa shape index (κ2) is 2.66. The van der Waals surface area contributed by atoms with Crippen molar-refractivity contribution in [2.45, 2.75) is 3.93 Å². The Labute approximate surface area is 50.1 Å². The Kier molecular flexibility index (Phi) is 2.82. The molecule has 7 heavy (non-hydrogen) atoms. The van der Waals surface area contributed by atoms with E-state index in [1.807, 2.05) is 0 Å². The van der Waals surface area contributed by atoms with Crippen LogP contribution in [0.15, 0.2) is 0 Å². The minimum absolute atomic E-state index is 1.05. The average molecular weight is 222 g/mol. The van der Waals surface area contributed by atoms with Gasteiger partial charge >= 0.3 is 3.93 Å². The van der Waals surface area contributed by atoms with Crippen LogP contribution in [-0.4, -0.2) is 20.2 Å². The van der Waals surface area contributed by atoms with Crippen molar-refractivity contribution in [1.82, 2.24) is 0 Å². The molecule has 1 N–H and O–H groups in total. The molecule has 0 fully saturated rings. The molecule has 0 aliphatic carbocycles. The first-order valence-corrected chi connectivity index (χ1v) is 4.11. The maximum absolute atomic E-state index is 11.6. The van der Waals surface area contributed by atoms with Gasteiger partial charge in [0.15, 0.2) is 0 Å². The van der Waals surface area contributed by atoms with Crippen molar-refractivity contribution in [1.29, 1.82) is 0 Å². The largest absolute Gasteiger partial charge is 0.389 e. The van der Waals surface area contributed by atoms with Crippen LogP contribution in [0.3, 0.4) is 0 Å². The van der Waals surface area contributed by atoms with Crippen molar-refractivity contribution in [2.24, 2.45) is 0 Å². The summed E-state index contributed by atoms with van der Waals surface area (Å²) in [4.78, 5) is 0. The van der Waals surface area contributed by atoms with Crippen molar-refractivity contribution >= 4 is 25.2 Å². The Bertz CT molecular complexity index is 73.3. The number of rotatable bonds is 2. The van der Waals surface area contributed by atoms with Crippen molar-refractivity contribution < 1.29 is 13.9 Å². The molecule has 0 spiro atoms. The van der Waals surface area contributed by atoms with Crippen LogP contribution in [0.4, 0.5) is 8.78 Å². The SMILES string of the molecule is C=IC(F)(F)CO. The highest BCUT2D eigenvalue weighted by atomic mass is 127. The molecule has 0 saturated heterocycles. The smallest absolute Gasteiger partial charge is 0.313 e. The molecule has 44 valence electrons. The lowest BCUT2D eigenvalue weighted by Gasteiger charge is -2.02. The number of aliphatic hydroxyl groups excluding tert-OH is 1. The molecule has 0 bridgehead atoms. The molecule has 1 nitrogen and oxygen atoms in total. The van der Waals surface area contributed by atoms with E-state index in [0.29, 0.717) is 0 Å². The molecule has 0 aromatic rings. The molecule has 0 saturated carbocycles. The Morgan fingerprint density at radius 3 is 2.14 bits per heavy atom. The van der Waals surface area contributed by atoms with Crippen molar-refractivity contribution in [2.75, 3.05) is 6.61 Å². The number of alkyl halides is 3. The summed E-state index contributed by atoms with van der Waals surface area (Å²) in [6.07, 6.45) is 0. The number of halogens is 3. The van der Waals surface area contributed by atoms with Crippen molar-refractivity contribution in [3.8, 4) is 0 Å². The summed E-state index contributed by atoms with van der Waals surface area (Å²) >= 11 is -1.37. The van der Waals surface area contributed by atoms with Gasteiger partial charge in [-0.25, -0.2) is 0 Å². The lowest BCUT2D eigenvalue weighted by Crippen LogP contribution is -2.10. The third-order valence-corrected chi connectivity index (χ3v) is 1.83. The van der Waals surface area contributed by atoms with E-state index in [-0.39, 0.29) is 0 Å². The van der Waals surface area contributed by atoms with Gasteiger partial charge in [0, 0.05) is 0 Å². The van der Waals surface area contributed by atoms with Crippen molar-refractivity contribution in [3.63, 3.8) is 0 Å². The van der Waals surface area contributed by atoms with E-state index in [9.17, 15) is 8.78 Å². The summed E-state index contributed by atoms with van der Waals surface area (Å²) in [7, 11) is 0. The average Bonchev–Trinajstić information content (AvgIpc) is 1.68. The van der Waals surface area contributed by atoms with Crippen LogP contribution in [0.5, 0.6) is 0 Å². The number of hydrogen-bond donors (Lipinski definition) is 1. The van der Waals surface area contributed by atoms with Crippen LogP contribution in [0.2, 0.25) is 0 Å². The fourth-order valence-corrected chi connectivity index (χ4v) is 0.283. The van der Waals surface area contributed by atoms with Crippen LogP contribution >= 0.6 is 20.7 Å². The molecule has 0 radical (unpaired) electrons. The predicted molar refractivity (Wildman–Crippen MR) is 33.2 cm³/mol. The zero-order valence-electron chi connectivity index (χ0n) is 3.50. The quantitative estimate of drug-likeness (QED) is 0.545. The Balaban J connectivity index is 3.58. The number of aliphatic hydroxyl groups is 1. The van der Waals surface area contributed by atoms with Gasteiger partial charge in [-0.3, -0.25) is 0 Å². The highest BCUT2D eigenvalue weighted by Crippen LogP contribution is 2.25. The van der Waals surface area contributed by atoms with Gasteiger partial charge in [0.2, 0.25) is 0 Å². The van der Waals surface area contributed by atoms with Gasteiger partial charge in [0.1, 0.15) is 6.61 Å². The lowest BCUT2D eigenvalue weighted by molar-refractivity contribution is 0.0531. The fourth-order valence-electron chi connectivity index (χ4n) is 0.0423. The van der Waals surface area contributed by atoms with E-state index in [2.05, 4.69) is 4.51 Å². The summed E-state index contributed by atoms with van der Waals surface area (Å²) < 4.78 is 23.4. The van der Waals surface area contributed by atoms with Gasteiger partial charge in [-0.2, -0.15) is 8.78 Å². The van der Waals surface area contributed by atoms with E-state index in [1.54, 1.807) is 0 Å². The van der Waals surface area contributed by atoms with Crippen LogP contribution in [0.25, 0.3) is 0 Å². The zero-order valence-corrected chi connectivity index (χ0v) is 5.65. The van der Waals surface area contributed by atoms with Crippen molar-refractivity contribution in [3.05, 3.63) is 0 Å². The second-order valence-electron chi connectivity index (χ2n) is 0.907. The first-order chi connectivity index (χ1) is 3.12. The van der Waals surface area contributed by atoms with E-state index >= 15 is 0 Å². The van der Waals surface area contributed by atoms with Crippen LogP contribution < -0.4 is 0 Å². The monoisotopic (exact) mass is 222 g/mol. The van der Waals surface area contributed by atoms with Gasteiger partial charge in [-0.05, 0) is 20.7 Å². The molecule has 0 aliphatic heterocycles. The van der Waals surface area contributed by atoms with Gasteiger partial charge in [0.25, 0.3) is 0 Å². The third-order valence-electron chi connectivity index (χ3n) is 0.375. The normalized spacial score (nSPS) is 11.9. The lowest BCUT2D eigenvalue weighted by atomic mass is 10.8. The standard InChI is InChI=1S/C3H5F2IO/c1-6-3(4,5)2-7/h7H,1-2H2. The molecule has 0 rings (SSSR count). The fraction of sp³-hybridized carbons (Fsp3) is 0.667. The van der Waals surface area contributed by atoms with Gasteiger partial charge in [-0.1, -0.05) is 4.51 Å². The van der Waals surface area contributed by atoms with Gasteiger partial charge < -0.3 is 5.11 Å². The zero-order chi connectivity index (χ0) is 5.91. The molecule has 4 heteroatoms. The molecule has 0 aromatic carbocycles. The van der Waals surface area contributed by atoms with E-state index in [4.69, 9.17) is 5.11 Å². The maximum Gasteiger partial charge on any atom is 0.313 e. The van der Waals surface area contributed by atoms with E-state index < -0.39 is 31.3 Å². The molecular formula is C3H5F2IO. The Morgan fingerprint density at radius 1 is 1.71 bits per heavy atom. The van der Waals surface area contributed by atoms with E-state index in [1.165, 1.54) is 0 Å². The Morgan fingerprint density at radius 2 is 2.14 bits per heavy atom. The van der Waals surface area contributed by atoms with E-state index in [0.717, 1.165) is 0 Å². The molecule has 0 unspecified atom stereocenters. The number of hydrogen-bond acceptors (Lipinski definition) is 1. The highest BCUT2D eigenvalue weighted by molar-refractivity contribution is 14.2. The summed E-state index contributed by atoms with van der Waals surface area (Å²) in [5.41, 5.74) is 0. The second-order valence-corrected chi connectivity index (χ2v) is 3.25. The Hall–Kier alpha value is 0.420. The van der Waals surface area contributed by atoms with Gasteiger partial charge in [-0.15, -0.1) is 0 Å². The van der Waals surface area contributed by atoms with Crippen LogP contribution in [-0.2, 0) is 0 Å². The summed E-state index contributed by atoms with van der Waals surface area (Å²) in [6, 6.07) is 0. The minimum Gasteiger partial charge on any atom is -0.389 e. The van der Waals surface area contributed by atoms with Gasteiger partial charge in [0.05, 0.1) is 0 Å². The van der Waals surface area contributed by atoms with Crippen LogP contribution in [0, 0.1) is 0 Å². The van der Waals surface area contributed by atoms with Crippen LogP contribution in [0.1, 0.15) is 0 Å². The summed E-state index contributed by atoms with van der Waals surface area (Å²) in [5.74, 6) is 0. The minimum atomic E-state index is -2.86. The highest BCUT2D eigenvalue weighted by Gasteiger charge is 2.22. The molecule has 0 heterocycles. The molecule has 0 aliphatic rings. The summed E-state index contributed by atoms with van der Waals surface area (Å²) in [5, 5.41) is 7.83. The predicted octanol–water partition coefficient (Wildman–Crippen LogP) is 0.974. The first kappa shape index (κ1) is 7.42. The third kappa shape index (κ3) is 3.04. The molecule has 0 atom stereocenters. The topological polar surface area (TPSA) is 20.2 Å². The molecule has 0 aromatic heterocycles. The molecule has 0 amide bonds. The summed E-state index contributed by atoms with van der Waals surface area (Å²) in [6.45, 7) is -1.05. The maximum atomic E-state index is 11.6.